The van der Waals surface area contributed by atoms with E-state index in [1.54, 1.807) is 11.3 Å². The molecular weight excluding hydrogens is 316 g/mol. The average molecular weight is 343 g/mol. The fraction of sp³-hybridized carbons (Fsp3) is 0.800. The molecule has 0 saturated heterocycles. The van der Waals surface area contributed by atoms with Gasteiger partial charge in [-0.25, -0.2) is 0 Å². The molecule has 1 unspecified atom stereocenters. The minimum Gasteiger partial charge on any atom is -0.357 e. The third-order valence-electron chi connectivity index (χ3n) is 3.67. The normalized spacial score (nSPS) is 17.5. The van der Waals surface area contributed by atoms with Crippen LogP contribution in [0.3, 0.4) is 0 Å². The van der Waals surface area contributed by atoms with Crippen LogP contribution in [0.15, 0.2) is 4.34 Å². The van der Waals surface area contributed by atoms with E-state index in [2.05, 4.69) is 34.7 Å². The molecule has 1 aliphatic carbocycles. The predicted molar refractivity (Wildman–Crippen MR) is 93.6 cm³/mol. The largest absolute Gasteiger partial charge is 0.357 e. The molecule has 2 N–H and O–H groups in total. The number of nitrogens with zero attached hydrogens (tertiary/aromatic N) is 2. The summed E-state index contributed by atoms with van der Waals surface area (Å²) in [4.78, 5) is 12.0. The SMILES string of the molecule is CC(C)CNC(=O)C(C)Sc1nnc(NC2CCCCC2)s1. The molecule has 1 aromatic heterocycles. The highest BCUT2D eigenvalue weighted by Gasteiger charge is 2.19. The number of thioether (sulfide) groups is 1. The second-order valence-electron chi connectivity index (χ2n) is 6.25. The van der Waals surface area contributed by atoms with Crippen LogP contribution < -0.4 is 10.6 Å². The van der Waals surface area contributed by atoms with E-state index in [4.69, 9.17) is 0 Å². The van der Waals surface area contributed by atoms with Crippen molar-refractivity contribution in [3.63, 3.8) is 0 Å². The van der Waals surface area contributed by atoms with Gasteiger partial charge in [-0.15, -0.1) is 10.2 Å². The number of carbonyl (C=O) groups is 1. The lowest BCUT2D eigenvalue weighted by Crippen LogP contribution is -2.33. The lowest BCUT2D eigenvalue weighted by molar-refractivity contribution is -0.120. The van der Waals surface area contributed by atoms with Gasteiger partial charge >= 0.3 is 0 Å². The summed E-state index contributed by atoms with van der Waals surface area (Å²) in [6.07, 6.45) is 6.38. The van der Waals surface area contributed by atoms with Crippen LogP contribution in [0.1, 0.15) is 52.9 Å². The zero-order chi connectivity index (χ0) is 15.9. The van der Waals surface area contributed by atoms with Crippen molar-refractivity contribution < 1.29 is 4.79 Å². The van der Waals surface area contributed by atoms with Crippen molar-refractivity contribution in [2.24, 2.45) is 5.92 Å². The zero-order valence-corrected chi connectivity index (χ0v) is 15.2. The smallest absolute Gasteiger partial charge is 0.233 e. The Labute approximate surface area is 141 Å². The van der Waals surface area contributed by atoms with E-state index < -0.39 is 0 Å². The second kappa shape index (κ2) is 8.72. The maximum absolute atomic E-state index is 12.0. The van der Waals surface area contributed by atoms with E-state index in [1.807, 2.05) is 6.92 Å². The maximum atomic E-state index is 12.0. The molecule has 22 heavy (non-hydrogen) atoms. The third-order valence-corrected chi connectivity index (χ3v) is 5.71. The van der Waals surface area contributed by atoms with Crippen molar-refractivity contribution in [3.8, 4) is 0 Å². The molecule has 0 aromatic carbocycles. The second-order valence-corrected chi connectivity index (χ2v) is 8.82. The first kappa shape index (κ1) is 17.5. The highest BCUT2D eigenvalue weighted by atomic mass is 32.2. The van der Waals surface area contributed by atoms with Gasteiger partial charge in [0.05, 0.1) is 5.25 Å². The monoisotopic (exact) mass is 342 g/mol. The fourth-order valence-electron chi connectivity index (χ4n) is 2.39. The highest BCUT2D eigenvalue weighted by molar-refractivity contribution is 8.02. The van der Waals surface area contributed by atoms with Crippen LogP contribution in [0.2, 0.25) is 0 Å². The van der Waals surface area contributed by atoms with Gasteiger partial charge in [-0.3, -0.25) is 4.79 Å². The van der Waals surface area contributed by atoms with Gasteiger partial charge in [0.25, 0.3) is 0 Å². The van der Waals surface area contributed by atoms with Gasteiger partial charge in [-0.05, 0) is 25.7 Å². The van der Waals surface area contributed by atoms with Crippen molar-refractivity contribution in [1.29, 1.82) is 0 Å². The van der Waals surface area contributed by atoms with Crippen LogP contribution in [0.5, 0.6) is 0 Å². The van der Waals surface area contributed by atoms with Crippen LogP contribution in [0.25, 0.3) is 0 Å². The number of hydrogen-bond donors (Lipinski definition) is 2. The van der Waals surface area contributed by atoms with Crippen molar-refractivity contribution in [2.45, 2.75) is 68.5 Å². The first-order valence-corrected chi connectivity index (χ1v) is 9.78. The number of amides is 1. The molecule has 1 fully saturated rings. The number of nitrogens with one attached hydrogen (secondary N) is 2. The Morgan fingerprint density at radius 1 is 1.27 bits per heavy atom. The topological polar surface area (TPSA) is 66.9 Å². The van der Waals surface area contributed by atoms with Crippen molar-refractivity contribution in [3.05, 3.63) is 0 Å². The van der Waals surface area contributed by atoms with Crippen molar-refractivity contribution >= 4 is 34.1 Å². The number of carbonyl (C=O) groups excluding carboxylic acids is 1. The van der Waals surface area contributed by atoms with Gasteiger partial charge in [0.15, 0.2) is 4.34 Å². The number of hydrogen-bond acceptors (Lipinski definition) is 6. The number of aromatic nitrogens is 2. The van der Waals surface area contributed by atoms with E-state index in [0.717, 1.165) is 9.47 Å². The van der Waals surface area contributed by atoms with Gasteiger partial charge in [0.1, 0.15) is 0 Å². The summed E-state index contributed by atoms with van der Waals surface area (Å²) in [5.41, 5.74) is 0. The van der Waals surface area contributed by atoms with Gasteiger partial charge in [0.2, 0.25) is 11.0 Å². The Morgan fingerprint density at radius 3 is 2.68 bits per heavy atom. The first-order chi connectivity index (χ1) is 10.5. The third kappa shape index (κ3) is 5.76. The molecule has 0 bridgehead atoms. The number of anilines is 1. The molecule has 1 atom stereocenters. The van der Waals surface area contributed by atoms with E-state index in [1.165, 1.54) is 43.9 Å². The summed E-state index contributed by atoms with van der Waals surface area (Å²) in [6, 6.07) is 0.534. The molecule has 7 heteroatoms. The lowest BCUT2D eigenvalue weighted by atomic mass is 9.96. The Hall–Kier alpha value is -0.820. The Morgan fingerprint density at radius 2 is 2.00 bits per heavy atom. The fourth-order valence-corrected chi connectivity index (χ4v) is 4.39. The highest BCUT2D eigenvalue weighted by Crippen LogP contribution is 2.30. The van der Waals surface area contributed by atoms with E-state index in [0.29, 0.717) is 18.5 Å². The predicted octanol–water partition coefficient (Wildman–Crippen LogP) is 3.54. The van der Waals surface area contributed by atoms with E-state index in [9.17, 15) is 4.79 Å². The molecule has 0 radical (unpaired) electrons. The maximum Gasteiger partial charge on any atom is 0.233 e. The summed E-state index contributed by atoms with van der Waals surface area (Å²) in [5, 5.41) is 15.6. The van der Waals surface area contributed by atoms with Crippen LogP contribution in [-0.4, -0.2) is 33.9 Å². The van der Waals surface area contributed by atoms with Crippen molar-refractivity contribution in [2.75, 3.05) is 11.9 Å². The Kier molecular flexibility index (Phi) is 6.95. The molecule has 1 amide bonds. The Bertz CT molecular complexity index is 472. The standard InChI is InChI=1S/C15H26N4OS2/c1-10(2)9-16-13(20)11(3)21-15-19-18-14(22-15)17-12-7-5-4-6-8-12/h10-12H,4-9H2,1-3H3,(H,16,20)(H,17,18). The summed E-state index contributed by atoms with van der Waals surface area (Å²) in [5.74, 6) is 0.532. The van der Waals surface area contributed by atoms with Gasteiger partial charge in [-0.2, -0.15) is 0 Å². The minimum atomic E-state index is -0.144. The molecule has 1 heterocycles. The average Bonchev–Trinajstić information content (AvgIpc) is 2.92. The molecule has 5 nitrogen and oxygen atoms in total. The molecule has 2 rings (SSSR count). The molecular formula is C15H26N4OS2. The van der Waals surface area contributed by atoms with Crippen LogP contribution in [0, 0.1) is 5.92 Å². The van der Waals surface area contributed by atoms with Crippen LogP contribution in [-0.2, 0) is 4.79 Å². The minimum absolute atomic E-state index is 0.0655. The van der Waals surface area contributed by atoms with Gasteiger partial charge < -0.3 is 10.6 Å². The molecule has 0 spiro atoms. The van der Waals surface area contributed by atoms with E-state index in [-0.39, 0.29) is 11.2 Å². The van der Waals surface area contributed by atoms with Gasteiger partial charge in [0, 0.05) is 12.6 Å². The zero-order valence-electron chi connectivity index (χ0n) is 13.6. The van der Waals surface area contributed by atoms with Gasteiger partial charge in [-0.1, -0.05) is 56.2 Å². The molecule has 1 aromatic rings. The van der Waals surface area contributed by atoms with Crippen molar-refractivity contribution in [1.82, 2.24) is 15.5 Å². The summed E-state index contributed by atoms with van der Waals surface area (Å²) in [6.45, 7) is 6.81. The summed E-state index contributed by atoms with van der Waals surface area (Å²) >= 11 is 3.03. The molecule has 1 aliphatic rings. The summed E-state index contributed by atoms with van der Waals surface area (Å²) < 4.78 is 0.852. The molecule has 1 saturated carbocycles. The van der Waals surface area contributed by atoms with E-state index >= 15 is 0 Å². The summed E-state index contributed by atoms with van der Waals surface area (Å²) in [7, 11) is 0. The Balaban J connectivity index is 1.79. The number of rotatable bonds is 7. The van der Waals surface area contributed by atoms with Crippen LogP contribution in [0.4, 0.5) is 5.13 Å². The van der Waals surface area contributed by atoms with Crippen LogP contribution >= 0.6 is 23.1 Å². The lowest BCUT2D eigenvalue weighted by Gasteiger charge is -2.21. The first-order valence-electron chi connectivity index (χ1n) is 8.09. The molecule has 0 aliphatic heterocycles. The molecule has 124 valence electrons. The quantitative estimate of drug-likeness (QED) is 0.742.